The van der Waals surface area contributed by atoms with Crippen LogP contribution in [0.1, 0.15) is 26.3 Å². The average Bonchev–Trinajstić information content (AvgIpc) is 2.94. The summed E-state index contributed by atoms with van der Waals surface area (Å²) in [4.78, 5) is 37.6. The molecule has 3 rings (SSSR count). The number of carbonyl (C=O) groups is 3. The number of nitrogens with zero attached hydrogens (tertiary/aromatic N) is 1. The number of benzene rings is 3. The van der Waals surface area contributed by atoms with Crippen molar-refractivity contribution in [3.05, 3.63) is 77.4 Å². The number of hydrogen-bond acceptors (Lipinski definition) is 9. The molecule has 206 valence electrons. The predicted octanol–water partition coefficient (Wildman–Crippen LogP) is 3.42. The quantitative estimate of drug-likeness (QED) is 0.372. The largest absolute Gasteiger partial charge is 0.493 e. The van der Waals surface area contributed by atoms with Crippen LogP contribution in [0.25, 0.3) is 0 Å². The molecule has 0 spiro atoms. The highest BCUT2D eigenvalue weighted by Gasteiger charge is 2.29. The highest BCUT2D eigenvalue weighted by atomic mass is 32.2. The maximum atomic E-state index is 13.7. The average molecular weight is 557 g/mol. The fourth-order valence-electron chi connectivity index (χ4n) is 3.63. The Balaban J connectivity index is 2.06. The molecule has 3 aromatic rings. The van der Waals surface area contributed by atoms with Crippen molar-refractivity contribution in [3.63, 3.8) is 0 Å². The van der Waals surface area contributed by atoms with Crippen molar-refractivity contribution in [2.75, 3.05) is 44.6 Å². The van der Waals surface area contributed by atoms with Gasteiger partial charge in [0.25, 0.3) is 10.0 Å². The second-order valence-electron chi connectivity index (χ2n) is 8.16. The third-order valence-electron chi connectivity index (χ3n) is 5.67. The zero-order valence-electron chi connectivity index (χ0n) is 22.0. The van der Waals surface area contributed by atoms with Crippen molar-refractivity contribution in [1.82, 2.24) is 0 Å². The maximum absolute atomic E-state index is 13.7. The number of carbonyl (C=O) groups excluding carboxylic acids is 3. The molecule has 0 atom stereocenters. The summed E-state index contributed by atoms with van der Waals surface area (Å²) in [5.41, 5.74) is 0.932. The van der Waals surface area contributed by atoms with E-state index < -0.39 is 34.4 Å². The van der Waals surface area contributed by atoms with Crippen LogP contribution in [0.5, 0.6) is 11.5 Å². The van der Waals surface area contributed by atoms with Crippen molar-refractivity contribution in [3.8, 4) is 11.5 Å². The zero-order valence-corrected chi connectivity index (χ0v) is 22.8. The van der Waals surface area contributed by atoms with Gasteiger partial charge in [0.2, 0.25) is 5.91 Å². The molecule has 0 aliphatic carbocycles. The standard InChI is InChI=1S/C27H28N2O9S/c1-17-6-10-20(11-7-17)39(33,34)29(19-9-13-23(35-2)24(15-19)36-3)16-25(30)28-22-14-18(26(31)37-4)8-12-21(22)27(32)38-5/h6-15H,16H2,1-5H3,(H,28,30). The van der Waals surface area contributed by atoms with Crippen molar-refractivity contribution in [2.24, 2.45) is 0 Å². The highest BCUT2D eigenvalue weighted by Crippen LogP contribution is 2.34. The summed E-state index contributed by atoms with van der Waals surface area (Å²) in [6.45, 7) is 1.13. The van der Waals surface area contributed by atoms with Gasteiger partial charge in [0.15, 0.2) is 11.5 Å². The van der Waals surface area contributed by atoms with Gasteiger partial charge in [-0.3, -0.25) is 9.10 Å². The number of anilines is 2. The van der Waals surface area contributed by atoms with Gasteiger partial charge >= 0.3 is 11.9 Å². The number of hydrogen-bond donors (Lipinski definition) is 1. The van der Waals surface area contributed by atoms with Gasteiger partial charge in [-0.05, 0) is 49.4 Å². The SMILES string of the molecule is COC(=O)c1ccc(C(=O)OC)c(NC(=O)CN(c2ccc(OC)c(OC)c2)S(=O)(=O)c2ccc(C)cc2)c1. The van der Waals surface area contributed by atoms with Gasteiger partial charge in [0.1, 0.15) is 6.54 Å². The second-order valence-corrected chi connectivity index (χ2v) is 10.0. The normalized spacial score (nSPS) is 10.8. The summed E-state index contributed by atoms with van der Waals surface area (Å²) >= 11 is 0. The van der Waals surface area contributed by atoms with Gasteiger partial charge in [-0.15, -0.1) is 0 Å². The molecule has 0 unspecified atom stereocenters. The molecule has 0 saturated heterocycles. The Bertz CT molecular complexity index is 1490. The van der Waals surface area contributed by atoms with Crippen LogP contribution in [0.15, 0.2) is 65.6 Å². The van der Waals surface area contributed by atoms with E-state index in [1.807, 2.05) is 6.92 Å². The summed E-state index contributed by atoms with van der Waals surface area (Å²) in [5.74, 6) is -1.66. The summed E-state index contributed by atoms with van der Waals surface area (Å²) in [6.07, 6.45) is 0. The molecule has 3 aromatic carbocycles. The van der Waals surface area contributed by atoms with Crippen molar-refractivity contribution in [2.45, 2.75) is 11.8 Å². The third-order valence-corrected chi connectivity index (χ3v) is 7.46. The first-order valence-corrected chi connectivity index (χ1v) is 12.9. The molecule has 0 aliphatic heterocycles. The number of rotatable bonds is 10. The van der Waals surface area contributed by atoms with Crippen LogP contribution < -0.4 is 19.1 Å². The van der Waals surface area contributed by atoms with Crippen LogP contribution in [0.2, 0.25) is 0 Å². The van der Waals surface area contributed by atoms with E-state index in [2.05, 4.69) is 5.32 Å². The van der Waals surface area contributed by atoms with E-state index in [4.69, 9.17) is 18.9 Å². The zero-order chi connectivity index (χ0) is 28.7. The topological polar surface area (TPSA) is 138 Å². The Morgan fingerprint density at radius 2 is 1.44 bits per heavy atom. The molecule has 12 heteroatoms. The van der Waals surface area contributed by atoms with E-state index in [-0.39, 0.29) is 33.1 Å². The minimum Gasteiger partial charge on any atom is -0.493 e. The number of aryl methyl sites for hydroxylation is 1. The first kappa shape index (κ1) is 29.0. The Hall–Kier alpha value is -4.58. The lowest BCUT2D eigenvalue weighted by molar-refractivity contribution is -0.114. The van der Waals surface area contributed by atoms with E-state index >= 15 is 0 Å². The molecule has 1 amide bonds. The minimum absolute atomic E-state index is 0.0429. The summed E-state index contributed by atoms with van der Waals surface area (Å²) in [5, 5.41) is 2.52. The number of ether oxygens (including phenoxy) is 4. The molecule has 11 nitrogen and oxygen atoms in total. The smallest absolute Gasteiger partial charge is 0.339 e. The number of methoxy groups -OCH3 is 4. The molecule has 0 saturated carbocycles. The fourth-order valence-corrected chi connectivity index (χ4v) is 5.05. The van der Waals surface area contributed by atoms with Gasteiger partial charge in [-0.1, -0.05) is 17.7 Å². The van der Waals surface area contributed by atoms with E-state index in [0.29, 0.717) is 5.75 Å². The molecule has 0 aliphatic rings. The van der Waals surface area contributed by atoms with Crippen molar-refractivity contribution >= 4 is 39.2 Å². The number of esters is 2. The molecule has 0 bridgehead atoms. The molecule has 0 heterocycles. The summed E-state index contributed by atoms with van der Waals surface area (Å²) < 4.78 is 48.4. The molecular formula is C27H28N2O9S. The van der Waals surface area contributed by atoms with Crippen LogP contribution in [0.3, 0.4) is 0 Å². The Kier molecular flexibility index (Phi) is 9.15. The number of amides is 1. The lowest BCUT2D eigenvalue weighted by Gasteiger charge is -2.25. The van der Waals surface area contributed by atoms with E-state index in [1.54, 1.807) is 12.1 Å². The second kappa shape index (κ2) is 12.3. The Morgan fingerprint density at radius 1 is 0.795 bits per heavy atom. The molecular weight excluding hydrogens is 528 g/mol. The van der Waals surface area contributed by atoms with Gasteiger partial charge in [-0.25, -0.2) is 18.0 Å². The lowest BCUT2D eigenvalue weighted by atomic mass is 10.1. The van der Waals surface area contributed by atoms with Crippen molar-refractivity contribution < 1.29 is 41.7 Å². The van der Waals surface area contributed by atoms with E-state index in [1.165, 1.54) is 69.9 Å². The van der Waals surface area contributed by atoms with Gasteiger partial charge in [-0.2, -0.15) is 0 Å². The third kappa shape index (κ3) is 6.47. The van der Waals surface area contributed by atoms with Crippen LogP contribution in [0.4, 0.5) is 11.4 Å². The van der Waals surface area contributed by atoms with Gasteiger partial charge < -0.3 is 24.3 Å². The molecule has 0 fully saturated rings. The van der Waals surface area contributed by atoms with E-state index in [9.17, 15) is 22.8 Å². The highest BCUT2D eigenvalue weighted by molar-refractivity contribution is 7.92. The lowest BCUT2D eigenvalue weighted by Crippen LogP contribution is -2.38. The van der Waals surface area contributed by atoms with E-state index in [0.717, 1.165) is 17.0 Å². The Morgan fingerprint density at radius 3 is 2.03 bits per heavy atom. The minimum atomic E-state index is -4.25. The monoisotopic (exact) mass is 556 g/mol. The molecule has 39 heavy (non-hydrogen) atoms. The van der Waals surface area contributed by atoms with Gasteiger partial charge in [0.05, 0.1) is 55.8 Å². The summed E-state index contributed by atoms with van der Waals surface area (Å²) in [6, 6.07) is 14.4. The molecule has 0 radical (unpaired) electrons. The van der Waals surface area contributed by atoms with Gasteiger partial charge in [0, 0.05) is 6.07 Å². The van der Waals surface area contributed by atoms with Crippen molar-refractivity contribution in [1.29, 1.82) is 0 Å². The van der Waals surface area contributed by atoms with Crippen LogP contribution >= 0.6 is 0 Å². The maximum Gasteiger partial charge on any atom is 0.339 e. The molecule has 0 aromatic heterocycles. The Labute approximate surface area is 226 Å². The fraction of sp³-hybridized carbons (Fsp3) is 0.222. The van der Waals surface area contributed by atoms with Crippen LogP contribution in [-0.2, 0) is 24.3 Å². The first-order chi connectivity index (χ1) is 18.5. The van der Waals surface area contributed by atoms with Crippen LogP contribution in [-0.4, -0.2) is 61.2 Å². The summed E-state index contributed by atoms with van der Waals surface area (Å²) in [7, 11) is 0.935. The van der Waals surface area contributed by atoms with Crippen LogP contribution in [0, 0.1) is 6.92 Å². The first-order valence-electron chi connectivity index (χ1n) is 11.5. The predicted molar refractivity (Wildman–Crippen MR) is 143 cm³/mol. The number of nitrogens with one attached hydrogen (secondary N) is 1. The number of sulfonamides is 1. The molecule has 1 N–H and O–H groups in total.